The smallest absolute Gasteiger partial charge is 0.254 e. The number of hydrazone groups is 1. The summed E-state index contributed by atoms with van der Waals surface area (Å²) in [5.41, 5.74) is 0.793. The highest BCUT2D eigenvalue weighted by molar-refractivity contribution is 6.08. The summed E-state index contributed by atoms with van der Waals surface area (Å²) >= 11 is 0. The number of benzene rings is 2. The Kier molecular flexibility index (Phi) is 3.74. The zero-order valence-corrected chi connectivity index (χ0v) is 17.1. The largest absolute Gasteiger partial charge is 0.490 e. The van der Waals surface area contributed by atoms with Crippen LogP contribution in [0.2, 0.25) is 0 Å². The lowest BCUT2D eigenvalue weighted by atomic mass is 9.63. The van der Waals surface area contributed by atoms with E-state index < -0.39 is 0 Å². The maximum Gasteiger partial charge on any atom is 0.254 e. The highest BCUT2D eigenvalue weighted by atomic mass is 16.5. The van der Waals surface area contributed by atoms with E-state index in [4.69, 9.17) is 4.74 Å². The summed E-state index contributed by atoms with van der Waals surface area (Å²) in [6.07, 6.45) is 7.15. The molecule has 1 saturated heterocycles. The number of imide groups is 1. The van der Waals surface area contributed by atoms with Gasteiger partial charge in [-0.05, 0) is 60.8 Å². The normalized spacial score (nSPS) is 33.6. The molecule has 0 spiro atoms. The molecule has 2 aromatic rings. The van der Waals surface area contributed by atoms with Crippen LogP contribution < -0.4 is 4.74 Å². The van der Waals surface area contributed by atoms with Crippen molar-refractivity contribution < 1.29 is 14.3 Å². The molecule has 0 radical (unpaired) electrons. The van der Waals surface area contributed by atoms with Crippen LogP contribution in [0.3, 0.4) is 0 Å². The molecule has 7 rings (SSSR count). The molecule has 1 heterocycles. The average Bonchev–Trinajstić information content (AvgIpc) is 3.52. The number of carbonyl (C=O) groups is 2. The van der Waals surface area contributed by atoms with E-state index in [9.17, 15) is 9.59 Å². The second-order valence-electron chi connectivity index (χ2n) is 9.25. The first kappa shape index (κ1) is 17.9. The van der Waals surface area contributed by atoms with E-state index in [0.29, 0.717) is 17.6 Å². The lowest BCUT2D eigenvalue weighted by Gasteiger charge is -2.37. The molecule has 5 nitrogen and oxygen atoms in total. The zero-order chi connectivity index (χ0) is 20.6. The minimum Gasteiger partial charge on any atom is -0.490 e. The fourth-order valence-electron chi connectivity index (χ4n) is 5.94. The van der Waals surface area contributed by atoms with E-state index >= 15 is 0 Å². The van der Waals surface area contributed by atoms with Crippen LogP contribution in [0.15, 0.2) is 53.7 Å². The predicted molar refractivity (Wildman–Crippen MR) is 114 cm³/mol. The Labute approximate surface area is 175 Å². The molecule has 30 heavy (non-hydrogen) atoms. The van der Waals surface area contributed by atoms with Gasteiger partial charge in [0.05, 0.1) is 24.2 Å². The van der Waals surface area contributed by atoms with Gasteiger partial charge in [-0.2, -0.15) is 10.1 Å². The lowest BCUT2D eigenvalue weighted by molar-refractivity contribution is -0.140. The highest BCUT2D eigenvalue weighted by Gasteiger charge is 2.67. The second-order valence-corrected chi connectivity index (χ2v) is 9.25. The molecule has 5 heteroatoms. The molecule has 2 aromatic carbocycles. The Bertz CT molecular complexity index is 1100. The molecule has 4 aliphatic carbocycles. The number of fused-ring (bicyclic) bond motifs is 1. The standard InChI is InChI=1S/C25H24N2O3/c1-13(2)30-21-10-7-14-5-3-4-6-15(14)20(21)12-26-27-24(28)22-16-8-9-17(19-11-18(16)19)23(22)25(27)29/h3-10,12-13,16-19,22-23H,11H2,1-2H3/b26-12-/t16-,17-,18-,19-,22-,23+/m0/s1. The van der Waals surface area contributed by atoms with Gasteiger partial charge in [-0.3, -0.25) is 9.59 Å². The van der Waals surface area contributed by atoms with Crippen LogP contribution in [-0.2, 0) is 9.59 Å². The Morgan fingerprint density at radius 1 is 1.00 bits per heavy atom. The first-order chi connectivity index (χ1) is 14.5. The number of hydrogen-bond donors (Lipinski definition) is 0. The van der Waals surface area contributed by atoms with Crippen molar-refractivity contribution in [2.24, 2.45) is 40.6 Å². The summed E-state index contributed by atoms with van der Waals surface area (Å²) in [5, 5.41) is 7.61. The zero-order valence-electron chi connectivity index (χ0n) is 17.1. The number of rotatable bonds is 4. The fourth-order valence-corrected chi connectivity index (χ4v) is 5.94. The van der Waals surface area contributed by atoms with E-state index in [1.807, 2.05) is 50.2 Å². The van der Waals surface area contributed by atoms with Gasteiger partial charge in [0.1, 0.15) is 5.75 Å². The van der Waals surface area contributed by atoms with Crippen molar-refractivity contribution in [1.29, 1.82) is 0 Å². The Morgan fingerprint density at radius 3 is 2.33 bits per heavy atom. The van der Waals surface area contributed by atoms with Crippen LogP contribution in [0.25, 0.3) is 10.8 Å². The van der Waals surface area contributed by atoms with Crippen molar-refractivity contribution in [3.05, 3.63) is 54.1 Å². The third-order valence-corrected chi connectivity index (χ3v) is 7.24. The first-order valence-corrected chi connectivity index (χ1v) is 10.8. The van der Waals surface area contributed by atoms with Crippen molar-refractivity contribution in [2.45, 2.75) is 26.4 Å². The molecule has 0 aromatic heterocycles. The Hall–Kier alpha value is -2.95. The highest BCUT2D eigenvalue weighted by Crippen LogP contribution is 2.65. The van der Waals surface area contributed by atoms with Crippen LogP contribution in [0, 0.1) is 35.5 Å². The molecule has 0 N–H and O–H groups in total. The average molecular weight is 400 g/mol. The van der Waals surface area contributed by atoms with Gasteiger partial charge < -0.3 is 4.74 Å². The van der Waals surface area contributed by atoms with Gasteiger partial charge in [-0.25, -0.2) is 0 Å². The lowest BCUT2D eigenvalue weighted by Crippen LogP contribution is -2.40. The monoisotopic (exact) mass is 400 g/mol. The molecule has 5 aliphatic rings. The molecule has 152 valence electrons. The summed E-state index contributed by atoms with van der Waals surface area (Å²) < 4.78 is 5.99. The second kappa shape index (κ2) is 6.27. The quantitative estimate of drug-likeness (QED) is 0.443. The van der Waals surface area contributed by atoms with Gasteiger partial charge in [0.15, 0.2) is 0 Å². The molecule has 3 fully saturated rings. The summed E-state index contributed by atoms with van der Waals surface area (Å²) in [6, 6.07) is 11.9. The van der Waals surface area contributed by atoms with Crippen molar-refractivity contribution >= 4 is 28.8 Å². The molecule has 6 atom stereocenters. The molecular weight excluding hydrogens is 376 g/mol. The topological polar surface area (TPSA) is 59.0 Å². The van der Waals surface area contributed by atoms with Gasteiger partial charge in [0.25, 0.3) is 11.8 Å². The van der Waals surface area contributed by atoms with E-state index in [1.165, 1.54) is 0 Å². The van der Waals surface area contributed by atoms with E-state index in [-0.39, 0.29) is 41.6 Å². The number of nitrogens with zero attached hydrogens (tertiary/aromatic N) is 2. The van der Waals surface area contributed by atoms with Crippen LogP contribution in [0.1, 0.15) is 25.8 Å². The van der Waals surface area contributed by atoms with Crippen molar-refractivity contribution in [1.82, 2.24) is 5.01 Å². The summed E-state index contributed by atoms with van der Waals surface area (Å²) in [6.45, 7) is 3.95. The first-order valence-electron chi connectivity index (χ1n) is 10.8. The molecule has 0 unspecified atom stereocenters. The molecule has 2 bridgehead atoms. The third-order valence-electron chi connectivity index (χ3n) is 7.24. The number of ether oxygens (including phenoxy) is 1. The molecule has 1 aliphatic heterocycles. The Balaban J connectivity index is 1.38. The number of amides is 2. The van der Waals surface area contributed by atoms with Gasteiger partial charge in [-0.1, -0.05) is 42.5 Å². The van der Waals surface area contributed by atoms with E-state index in [1.54, 1.807) is 6.21 Å². The fraction of sp³-hybridized carbons (Fsp3) is 0.400. The number of hydrogen-bond acceptors (Lipinski definition) is 4. The Morgan fingerprint density at radius 2 is 1.67 bits per heavy atom. The van der Waals surface area contributed by atoms with Crippen molar-refractivity contribution in [3.8, 4) is 5.75 Å². The van der Waals surface area contributed by atoms with Gasteiger partial charge in [0, 0.05) is 5.56 Å². The SMILES string of the molecule is CC(C)Oc1ccc2ccccc2c1/C=N\N1C(=O)[C@@H]2[C@H]3C=C[C@@H]([C@@H]4C[C@@H]34)[C@@H]2C1=O. The van der Waals surface area contributed by atoms with E-state index in [0.717, 1.165) is 27.8 Å². The molecule has 2 saturated carbocycles. The molecule has 2 amide bonds. The van der Waals surface area contributed by atoms with Crippen LogP contribution in [0.4, 0.5) is 0 Å². The van der Waals surface area contributed by atoms with Crippen LogP contribution >= 0.6 is 0 Å². The van der Waals surface area contributed by atoms with Crippen molar-refractivity contribution in [3.63, 3.8) is 0 Å². The minimum absolute atomic E-state index is 0.00431. The minimum atomic E-state index is -0.229. The number of carbonyl (C=O) groups excluding carboxylic acids is 2. The predicted octanol–water partition coefficient (Wildman–Crippen LogP) is 4.01. The summed E-state index contributed by atoms with van der Waals surface area (Å²) in [5.74, 6) is 1.55. The third kappa shape index (κ3) is 2.44. The van der Waals surface area contributed by atoms with Crippen LogP contribution in [-0.4, -0.2) is 29.1 Å². The maximum absolute atomic E-state index is 13.2. The summed E-state index contributed by atoms with van der Waals surface area (Å²) in [4.78, 5) is 26.4. The summed E-state index contributed by atoms with van der Waals surface area (Å²) in [7, 11) is 0. The van der Waals surface area contributed by atoms with E-state index in [2.05, 4.69) is 17.3 Å². The van der Waals surface area contributed by atoms with Gasteiger partial charge in [-0.15, -0.1) is 0 Å². The van der Waals surface area contributed by atoms with Crippen molar-refractivity contribution in [2.75, 3.05) is 0 Å². The van der Waals surface area contributed by atoms with Gasteiger partial charge in [0.2, 0.25) is 0 Å². The maximum atomic E-state index is 13.2. The molecular formula is C25H24N2O3. The van der Waals surface area contributed by atoms with Crippen LogP contribution in [0.5, 0.6) is 5.75 Å². The number of allylic oxidation sites excluding steroid dienone is 2. The van der Waals surface area contributed by atoms with Gasteiger partial charge >= 0.3 is 0 Å².